The van der Waals surface area contributed by atoms with Crippen molar-refractivity contribution in [3.63, 3.8) is 0 Å². The molecule has 0 saturated heterocycles. The van der Waals surface area contributed by atoms with Crippen molar-refractivity contribution in [1.29, 1.82) is 0 Å². The Morgan fingerprint density at radius 3 is 2.28 bits per heavy atom. The van der Waals surface area contributed by atoms with Gasteiger partial charge in [-0.15, -0.1) is 0 Å². The summed E-state index contributed by atoms with van der Waals surface area (Å²) < 4.78 is 0. The van der Waals surface area contributed by atoms with Crippen LogP contribution in [0.5, 0.6) is 5.75 Å². The highest BCUT2D eigenvalue weighted by Crippen LogP contribution is 2.30. The predicted octanol–water partition coefficient (Wildman–Crippen LogP) is 4.85. The Labute approximate surface area is 117 Å². The highest BCUT2D eigenvalue weighted by Gasteiger charge is 2.07. The van der Waals surface area contributed by atoms with E-state index < -0.39 is 0 Å². The van der Waals surface area contributed by atoms with Crippen molar-refractivity contribution in [3.8, 4) is 5.75 Å². The lowest BCUT2D eigenvalue weighted by Crippen LogP contribution is -1.91. The predicted molar refractivity (Wildman–Crippen MR) is 76.8 cm³/mol. The molecule has 3 heteroatoms. The molecule has 0 aliphatic rings. The lowest BCUT2D eigenvalue weighted by Gasteiger charge is -2.08. The third-order valence-electron chi connectivity index (χ3n) is 2.90. The molecule has 2 aromatic rings. The number of hydrogen-bond acceptors (Lipinski definition) is 1. The van der Waals surface area contributed by atoms with Gasteiger partial charge in [-0.1, -0.05) is 48.3 Å². The van der Waals surface area contributed by atoms with Gasteiger partial charge in [0, 0.05) is 5.02 Å². The van der Waals surface area contributed by atoms with Gasteiger partial charge in [0.15, 0.2) is 0 Å². The molecule has 0 heterocycles. The number of hydrogen-bond donors (Lipinski definition) is 1. The Bertz CT molecular complexity index is 547. The fraction of sp³-hybridized carbons (Fsp3) is 0.200. The van der Waals surface area contributed by atoms with E-state index >= 15 is 0 Å². The fourth-order valence-electron chi connectivity index (χ4n) is 1.93. The van der Waals surface area contributed by atoms with Crippen LogP contribution in [0.1, 0.15) is 23.6 Å². The van der Waals surface area contributed by atoms with Gasteiger partial charge >= 0.3 is 0 Å². The van der Waals surface area contributed by atoms with Gasteiger partial charge in [-0.3, -0.25) is 0 Å². The van der Waals surface area contributed by atoms with Crippen LogP contribution in [0.3, 0.4) is 0 Å². The molecule has 0 unspecified atom stereocenters. The van der Waals surface area contributed by atoms with Crippen LogP contribution in [0.25, 0.3) is 0 Å². The summed E-state index contributed by atoms with van der Waals surface area (Å²) in [5.74, 6) is 0.194. The van der Waals surface area contributed by atoms with Crippen LogP contribution in [0.15, 0.2) is 36.4 Å². The Morgan fingerprint density at radius 2 is 1.67 bits per heavy atom. The molecule has 0 aliphatic heterocycles. The van der Waals surface area contributed by atoms with E-state index in [0.29, 0.717) is 5.02 Å². The number of aromatic hydroxyl groups is 1. The second kappa shape index (κ2) is 5.64. The van der Waals surface area contributed by atoms with Crippen LogP contribution < -0.4 is 0 Å². The first-order valence-corrected chi connectivity index (χ1v) is 6.60. The van der Waals surface area contributed by atoms with Crippen molar-refractivity contribution < 1.29 is 5.11 Å². The molecule has 2 aromatic carbocycles. The molecule has 0 aliphatic carbocycles. The van der Waals surface area contributed by atoms with Crippen molar-refractivity contribution >= 4 is 23.2 Å². The number of halogens is 2. The maximum Gasteiger partial charge on any atom is 0.137 e. The van der Waals surface area contributed by atoms with Gasteiger partial charge in [-0.25, -0.2) is 0 Å². The fourth-order valence-corrected chi connectivity index (χ4v) is 2.32. The highest BCUT2D eigenvalue weighted by atomic mass is 35.5. The zero-order valence-electron chi connectivity index (χ0n) is 10.1. The van der Waals surface area contributed by atoms with Crippen LogP contribution in [0.4, 0.5) is 0 Å². The third kappa shape index (κ3) is 2.98. The van der Waals surface area contributed by atoms with Gasteiger partial charge in [0.05, 0.1) is 5.02 Å². The molecular weight excluding hydrogens is 267 g/mol. The molecule has 2 rings (SSSR count). The van der Waals surface area contributed by atoms with Gasteiger partial charge in [0.2, 0.25) is 0 Å². The summed E-state index contributed by atoms with van der Waals surface area (Å²) in [5, 5.41) is 10.9. The molecule has 0 fully saturated rings. The Kier molecular flexibility index (Phi) is 4.15. The molecule has 0 saturated carbocycles. The van der Waals surface area contributed by atoms with Gasteiger partial charge in [-0.2, -0.15) is 0 Å². The summed E-state index contributed by atoms with van der Waals surface area (Å²) in [6, 6.07) is 11.5. The lowest BCUT2D eigenvalue weighted by molar-refractivity contribution is 0.469. The highest BCUT2D eigenvalue weighted by molar-refractivity contribution is 6.32. The van der Waals surface area contributed by atoms with Gasteiger partial charge in [0.25, 0.3) is 0 Å². The topological polar surface area (TPSA) is 20.2 Å². The van der Waals surface area contributed by atoms with Crippen LogP contribution >= 0.6 is 23.2 Å². The standard InChI is InChI=1S/C15H14Cl2O/c1-2-12-8-11(9-14(17)15(12)18)7-10-3-5-13(16)6-4-10/h3-6,8-9,18H,2,7H2,1H3. The van der Waals surface area contributed by atoms with Crippen molar-refractivity contribution in [2.75, 3.05) is 0 Å². The largest absolute Gasteiger partial charge is 0.506 e. The van der Waals surface area contributed by atoms with Crippen LogP contribution in [0.2, 0.25) is 10.0 Å². The Balaban J connectivity index is 2.29. The number of aryl methyl sites for hydroxylation is 1. The second-order valence-corrected chi connectivity index (χ2v) is 5.09. The summed E-state index contributed by atoms with van der Waals surface area (Å²) in [6.07, 6.45) is 1.55. The van der Waals surface area contributed by atoms with E-state index in [4.69, 9.17) is 23.2 Å². The first kappa shape index (κ1) is 13.3. The van der Waals surface area contributed by atoms with Gasteiger partial charge in [0.1, 0.15) is 5.75 Å². The number of rotatable bonds is 3. The lowest BCUT2D eigenvalue weighted by atomic mass is 10.0. The summed E-state index contributed by atoms with van der Waals surface area (Å²) >= 11 is 11.9. The SMILES string of the molecule is CCc1cc(Cc2ccc(Cl)cc2)cc(Cl)c1O. The number of benzene rings is 2. The maximum atomic E-state index is 9.78. The zero-order valence-corrected chi connectivity index (χ0v) is 11.6. The molecule has 0 amide bonds. The maximum absolute atomic E-state index is 9.78. The molecule has 0 atom stereocenters. The number of phenolic OH excluding ortho intramolecular Hbond substituents is 1. The van der Waals surface area contributed by atoms with Crippen LogP contribution in [-0.2, 0) is 12.8 Å². The molecule has 94 valence electrons. The normalized spacial score (nSPS) is 10.6. The molecule has 18 heavy (non-hydrogen) atoms. The van der Waals surface area contributed by atoms with E-state index in [-0.39, 0.29) is 5.75 Å². The van der Waals surface area contributed by atoms with E-state index in [1.165, 1.54) is 5.56 Å². The van der Waals surface area contributed by atoms with Crippen molar-refractivity contribution in [1.82, 2.24) is 0 Å². The Hall–Kier alpha value is -1.18. The minimum absolute atomic E-state index is 0.194. The minimum Gasteiger partial charge on any atom is -0.506 e. The smallest absolute Gasteiger partial charge is 0.137 e. The molecule has 1 N–H and O–H groups in total. The van der Waals surface area contributed by atoms with E-state index in [0.717, 1.165) is 29.0 Å². The average molecular weight is 281 g/mol. The van der Waals surface area contributed by atoms with Crippen molar-refractivity contribution in [3.05, 3.63) is 63.1 Å². The molecule has 1 nitrogen and oxygen atoms in total. The second-order valence-electron chi connectivity index (χ2n) is 4.24. The third-order valence-corrected chi connectivity index (χ3v) is 3.44. The first-order chi connectivity index (χ1) is 8.60. The molecule has 0 spiro atoms. The van der Waals surface area contributed by atoms with Gasteiger partial charge in [-0.05, 0) is 47.7 Å². The summed E-state index contributed by atoms with van der Waals surface area (Å²) in [7, 11) is 0. The van der Waals surface area contributed by atoms with Crippen LogP contribution in [-0.4, -0.2) is 5.11 Å². The average Bonchev–Trinajstić information content (AvgIpc) is 2.36. The number of phenols is 1. The zero-order chi connectivity index (χ0) is 13.1. The van der Waals surface area contributed by atoms with Crippen molar-refractivity contribution in [2.24, 2.45) is 0 Å². The Morgan fingerprint density at radius 1 is 1.00 bits per heavy atom. The monoisotopic (exact) mass is 280 g/mol. The van der Waals surface area contributed by atoms with E-state index in [9.17, 15) is 5.11 Å². The summed E-state index contributed by atoms with van der Waals surface area (Å²) in [6.45, 7) is 2.00. The minimum atomic E-state index is 0.194. The van der Waals surface area contributed by atoms with Crippen LogP contribution in [0, 0.1) is 0 Å². The van der Waals surface area contributed by atoms with Gasteiger partial charge < -0.3 is 5.11 Å². The van der Waals surface area contributed by atoms with E-state index in [1.54, 1.807) is 0 Å². The molecular formula is C15H14Cl2O. The first-order valence-electron chi connectivity index (χ1n) is 5.85. The van der Waals surface area contributed by atoms with Crippen molar-refractivity contribution in [2.45, 2.75) is 19.8 Å². The summed E-state index contributed by atoms with van der Waals surface area (Å²) in [4.78, 5) is 0. The molecule has 0 radical (unpaired) electrons. The molecule has 0 aromatic heterocycles. The quantitative estimate of drug-likeness (QED) is 0.852. The molecule has 0 bridgehead atoms. The van der Waals surface area contributed by atoms with E-state index in [1.807, 2.05) is 43.3 Å². The summed E-state index contributed by atoms with van der Waals surface area (Å²) in [5.41, 5.74) is 3.15. The van der Waals surface area contributed by atoms with E-state index in [2.05, 4.69) is 0 Å².